The Balaban J connectivity index is 2.03. The molecule has 0 saturated heterocycles. The zero-order valence-corrected chi connectivity index (χ0v) is 18.4. The molecule has 0 atom stereocenters. The van der Waals surface area contributed by atoms with E-state index in [1.54, 1.807) is 0 Å². The third kappa shape index (κ3) is 2.82. The molecular formula is C28H32. The monoisotopic (exact) mass is 368 g/mol. The average Bonchev–Trinajstić information content (AvgIpc) is 2.62. The third-order valence-corrected chi connectivity index (χ3v) is 6.07. The molecule has 0 amide bonds. The molecule has 0 fully saturated rings. The van der Waals surface area contributed by atoms with Gasteiger partial charge < -0.3 is 0 Å². The predicted molar refractivity (Wildman–Crippen MR) is 123 cm³/mol. The predicted octanol–water partition coefficient (Wildman–Crippen LogP) is 8.16. The van der Waals surface area contributed by atoms with E-state index in [1.165, 1.54) is 50.1 Å². The van der Waals surface area contributed by atoms with Crippen LogP contribution < -0.4 is 0 Å². The molecule has 1 aliphatic carbocycles. The van der Waals surface area contributed by atoms with Crippen molar-refractivity contribution in [2.24, 2.45) is 0 Å². The number of fused-ring (bicyclic) bond motifs is 4. The van der Waals surface area contributed by atoms with Gasteiger partial charge in [0, 0.05) is 0 Å². The Bertz CT molecular complexity index is 1050. The molecule has 0 heterocycles. The summed E-state index contributed by atoms with van der Waals surface area (Å²) in [5.74, 6) is 0. The second-order valence-electron chi connectivity index (χ2n) is 10.1. The van der Waals surface area contributed by atoms with Crippen molar-refractivity contribution in [3.63, 3.8) is 0 Å². The summed E-state index contributed by atoms with van der Waals surface area (Å²) in [7, 11) is 0. The van der Waals surface area contributed by atoms with Gasteiger partial charge in [-0.05, 0) is 67.3 Å². The molecule has 0 nitrogen and oxygen atoms in total. The Kier molecular flexibility index (Phi) is 4.30. The minimum Gasteiger partial charge on any atom is -0.0616 e. The molecular weight excluding hydrogens is 336 g/mol. The fourth-order valence-electron chi connectivity index (χ4n) is 4.96. The highest BCUT2D eigenvalue weighted by Gasteiger charge is 2.31. The van der Waals surface area contributed by atoms with Gasteiger partial charge in [-0.1, -0.05) is 103 Å². The van der Waals surface area contributed by atoms with Crippen LogP contribution in [0.3, 0.4) is 0 Å². The lowest BCUT2D eigenvalue weighted by atomic mass is 9.70. The van der Waals surface area contributed by atoms with Gasteiger partial charge in [0.05, 0.1) is 0 Å². The van der Waals surface area contributed by atoms with Crippen LogP contribution in [0.1, 0.15) is 65.2 Å². The second-order valence-corrected chi connectivity index (χ2v) is 10.1. The molecule has 3 aromatic rings. The lowest BCUT2D eigenvalue weighted by Crippen LogP contribution is -2.22. The van der Waals surface area contributed by atoms with Crippen molar-refractivity contribution in [2.75, 3.05) is 0 Å². The second kappa shape index (κ2) is 6.34. The topological polar surface area (TPSA) is 0 Å². The van der Waals surface area contributed by atoms with Crippen molar-refractivity contribution in [1.29, 1.82) is 0 Å². The lowest BCUT2D eigenvalue weighted by Gasteiger charge is -2.34. The van der Waals surface area contributed by atoms with E-state index in [1.807, 2.05) is 0 Å². The quantitative estimate of drug-likeness (QED) is 0.335. The smallest absolute Gasteiger partial charge is 0.00203 e. The van der Waals surface area contributed by atoms with E-state index in [0.29, 0.717) is 0 Å². The SMILES string of the molecule is CCc1c(C(C)(C)C)ccc(-c2cccc3c2-c2ccccc2-3)c1C(C)(C)C. The van der Waals surface area contributed by atoms with Crippen molar-refractivity contribution in [3.8, 4) is 33.4 Å². The van der Waals surface area contributed by atoms with Crippen molar-refractivity contribution >= 4 is 0 Å². The first-order valence-corrected chi connectivity index (χ1v) is 10.5. The van der Waals surface area contributed by atoms with Crippen LogP contribution in [-0.2, 0) is 17.3 Å². The first-order valence-electron chi connectivity index (χ1n) is 10.5. The lowest BCUT2D eigenvalue weighted by molar-refractivity contribution is 0.557. The van der Waals surface area contributed by atoms with Crippen LogP contribution in [0.2, 0.25) is 0 Å². The third-order valence-electron chi connectivity index (χ3n) is 6.07. The summed E-state index contributed by atoms with van der Waals surface area (Å²) in [6.07, 6.45) is 1.07. The molecule has 0 heteroatoms. The van der Waals surface area contributed by atoms with Gasteiger partial charge in [-0.25, -0.2) is 0 Å². The van der Waals surface area contributed by atoms with Crippen LogP contribution in [0.25, 0.3) is 33.4 Å². The minimum absolute atomic E-state index is 0.0912. The van der Waals surface area contributed by atoms with Crippen LogP contribution >= 0.6 is 0 Å². The summed E-state index contributed by atoms with van der Waals surface area (Å²) < 4.78 is 0. The minimum atomic E-state index is 0.0912. The maximum atomic E-state index is 2.39. The molecule has 0 aliphatic heterocycles. The van der Waals surface area contributed by atoms with Gasteiger partial charge in [0.15, 0.2) is 0 Å². The normalized spacial score (nSPS) is 13.0. The van der Waals surface area contributed by atoms with E-state index in [2.05, 4.69) is 103 Å². The molecule has 3 aromatic carbocycles. The molecule has 144 valence electrons. The molecule has 0 radical (unpaired) electrons. The number of rotatable bonds is 2. The first-order chi connectivity index (χ1) is 13.1. The maximum absolute atomic E-state index is 2.39. The van der Waals surface area contributed by atoms with Crippen LogP contribution in [0.4, 0.5) is 0 Å². The van der Waals surface area contributed by atoms with Gasteiger partial charge in [-0.3, -0.25) is 0 Å². The van der Waals surface area contributed by atoms with Gasteiger partial charge in [0.25, 0.3) is 0 Å². The summed E-state index contributed by atoms with van der Waals surface area (Å²) >= 11 is 0. The molecule has 0 unspecified atom stereocenters. The summed E-state index contributed by atoms with van der Waals surface area (Å²) in [5, 5.41) is 0. The summed E-state index contributed by atoms with van der Waals surface area (Å²) in [5.41, 5.74) is 13.2. The number of hydrogen-bond acceptors (Lipinski definition) is 0. The largest absolute Gasteiger partial charge is 0.0616 e. The Labute approximate surface area is 170 Å². The molecule has 0 spiro atoms. The van der Waals surface area contributed by atoms with Crippen LogP contribution in [0.15, 0.2) is 54.6 Å². The molecule has 4 rings (SSSR count). The maximum Gasteiger partial charge on any atom is -0.00203 e. The number of benzene rings is 3. The van der Waals surface area contributed by atoms with Gasteiger partial charge in [0.2, 0.25) is 0 Å². The fourth-order valence-corrected chi connectivity index (χ4v) is 4.96. The van der Waals surface area contributed by atoms with Gasteiger partial charge >= 0.3 is 0 Å². The van der Waals surface area contributed by atoms with E-state index >= 15 is 0 Å². The fraction of sp³-hybridized carbons (Fsp3) is 0.357. The zero-order chi connectivity index (χ0) is 20.3. The van der Waals surface area contributed by atoms with Gasteiger partial charge in [0.1, 0.15) is 0 Å². The van der Waals surface area contributed by atoms with Crippen molar-refractivity contribution in [3.05, 3.63) is 71.3 Å². The van der Waals surface area contributed by atoms with Crippen LogP contribution in [-0.4, -0.2) is 0 Å². The molecule has 0 bridgehead atoms. The van der Waals surface area contributed by atoms with E-state index < -0.39 is 0 Å². The highest BCUT2D eigenvalue weighted by Crippen LogP contribution is 2.53. The highest BCUT2D eigenvalue weighted by atomic mass is 14.3. The van der Waals surface area contributed by atoms with E-state index in [-0.39, 0.29) is 10.8 Å². The molecule has 0 saturated carbocycles. The Hall–Kier alpha value is -2.34. The Morgan fingerprint density at radius 1 is 0.571 bits per heavy atom. The van der Waals surface area contributed by atoms with Crippen molar-refractivity contribution in [1.82, 2.24) is 0 Å². The standard InChI is InChI=1S/C28H32/c1-8-18-24(27(2,3)4)17-16-23(26(18)28(5,6)7)22-15-11-14-21-19-12-9-10-13-20(19)25(21)22/h9-17H,8H2,1-7H3. The van der Waals surface area contributed by atoms with E-state index in [4.69, 9.17) is 0 Å². The van der Waals surface area contributed by atoms with Crippen LogP contribution in [0, 0.1) is 0 Å². The van der Waals surface area contributed by atoms with Crippen molar-refractivity contribution in [2.45, 2.75) is 65.7 Å². The summed E-state index contributed by atoms with van der Waals surface area (Å²) in [6.45, 7) is 16.4. The highest BCUT2D eigenvalue weighted by molar-refractivity contribution is 6.09. The Morgan fingerprint density at radius 3 is 1.71 bits per heavy atom. The first kappa shape index (κ1) is 19.0. The number of hydrogen-bond donors (Lipinski definition) is 0. The molecule has 1 aliphatic rings. The summed E-state index contributed by atoms with van der Waals surface area (Å²) in [6, 6.07) is 20.4. The van der Waals surface area contributed by atoms with Crippen LogP contribution in [0.5, 0.6) is 0 Å². The van der Waals surface area contributed by atoms with E-state index in [9.17, 15) is 0 Å². The summed E-state index contributed by atoms with van der Waals surface area (Å²) in [4.78, 5) is 0. The van der Waals surface area contributed by atoms with Gasteiger partial charge in [-0.15, -0.1) is 0 Å². The van der Waals surface area contributed by atoms with Gasteiger partial charge in [-0.2, -0.15) is 0 Å². The van der Waals surface area contributed by atoms with E-state index in [0.717, 1.165) is 6.42 Å². The molecule has 0 aromatic heterocycles. The molecule has 28 heavy (non-hydrogen) atoms. The zero-order valence-electron chi connectivity index (χ0n) is 18.4. The Morgan fingerprint density at radius 2 is 1.14 bits per heavy atom. The molecule has 0 N–H and O–H groups in total. The van der Waals surface area contributed by atoms with Crippen molar-refractivity contribution < 1.29 is 0 Å². The average molecular weight is 369 g/mol.